The zero-order chi connectivity index (χ0) is 18.1. The van der Waals surface area contributed by atoms with Crippen molar-refractivity contribution in [2.45, 2.75) is 20.3 Å². The van der Waals surface area contributed by atoms with Gasteiger partial charge in [-0.2, -0.15) is 0 Å². The van der Waals surface area contributed by atoms with Gasteiger partial charge in [0.05, 0.1) is 16.6 Å². The summed E-state index contributed by atoms with van der Waals surface area (Å²) in [7, 11) is 0. The molecule has 130 valence electrons. The number of aryl methyl sites for hydroxylation is 1. The smallest absolute Gasteiger partial charge is 0.229 e. The highest BCUT2D eigenvalue weighted by atomic mass is 35.5. The van der Waals surface area contributed by atoms with Crippen molar-refractivity contribution >= 4 is 46.4 Å². The van der Waals surface area contributed by atoms with Gasteiger partial charge in [0.15, 0.2) is 0 Å². The highest BCUT2D eigenvalue weighted by Crippen LogP contribution is 2.33. The lowest BCUT2D eigenvalue weighted by Gasteiger charge is -2.18. The van der Waals surface area contributed by atoms with E-state index in [-0.39, 0.29) is 18.2 Å². The van der Waals surface area contributed by atoms with Gasteiger partial charge < -0.3 is 10.2 Å². The Labute approximate surface area is 156 Å². The Hall–Kier alpha value is -2.04. The average molecular weight is 377 g/mol. The first-order chi connectivity index (χ1) is 11.9. The first kappa shape index (κ1) is 17.8. The van der Waals surface area contributed by atoms with Crippen LogP contribution in [0.4, 0.5) is 11.4 Å². The number of carbonyl (C=O) groups is 2. The van der Waals surface area contributed by atoms with E-state index in [1.807, 2.05) is 32.0 Å². The van der Waals surface area contributed by atoms with E-state index in [2.05, 4.69) is 5.32 Å². The first-order valence-corrected chi connectivity index (χ1v) is 8.75. The minimum atomic E-state index is -0.417. The summed E-state index contributed by atoms with van der Waals surface area (Å²) in [6.07, 6.45) is 0.162. The number of benzene rings is 2. The zero-order valence-electron chi connectivity index (χ0n) is 14.0. The summed E-state index contributed by atoms with van der Waals surface area (Å²) in [5.74, 6) is -0.695. The summed E-state index contributed by atoms with van der Waals surface area (Å²) in [6.45, 7) is 4.26. The number of amides is 2. The summed E-state index contributed by atoms with van der Waals surface area (Å²) in [5.41, 5.74) is 3.49. The maximum atomic E-state index is 12.6. The molecule has 0 saturated carbocycles. The molecule has 4 nitrogen and oxygen atoms in total. The second-order valence-electron chi connectivity index (χ2n) is 6.24. The van der Waals surface area contributed by atoms with E-state index >= 15 is 0 Å². The molecule has 1 aliphatic heterocycles. The van der Waals surface area contributed by atoms with Gasteiger partial charge in [0.25, 0.3) is 0 Å². The number of carbonyl (C=O) groups excluding carboxylic acids is 2. The molecule has 3 rings (SSSR count). The highest BCUT2D eigenvalue weighted by molar-refractivity contribution is 6.36. The summed E-state index contributed by atoms with van der Waals surface area (Å²) in [4.78, 5) is 26.5. The lowest BCUT2D eigenvalue weighted by Crippen LogP contribution is -2.28. The number of hydrogen-bond acceptors (Lipinski definition) is 2. The second-order valence-corrected chi connectivity index (χ2v) is 7.08. The molecule has 0 spiro atoms. The molecule has 1 unspecified atom stereocenters. The number of halogens is 2. The van der Waals surface area contributed by atoms with Gasteiger partial charge in [-0.1, -0.05) is 35.3 Å². The normalized spacial score (nSPS) is 17.0. The van der Waals surface area contributed by atoms with E-state index in [0.717, 1.165) is 16.8 Å². The first-order valence-electron chi connectivity index (χ1n) is 7.99. The molecule has 25 heavy (non-hydrogen) atoms. The number of hydrogen-bond donors (Lipinski definition) is 1. The van der Waals surface area contributed by atoms with Crippen LogP contribution in [-0.2, 0) is 9.59 Å². The maximum Gasteiger partial charge on any atom is 0.229 e. The van der Waals surface area contributed by atoms with Crippen LogP contribution in [0.25, 0.3) is 0 Å². The number of nitrogens with one attached hydrogen (secondary N) is 1. The molecule has 1 heterocycles. The molecule has 1 saturated heterocycles. The topological polar surface area (TPSA) is 49.4 Å². The van der Waals surface area contributed by atoms with Crippen LogP contribution in [0.3, 0.4) is 0 Å². The van der Waals surface area contributed by atoms with Gasteiger partial charge in [-0.05, 0) is 49.2 Å². The Morgan fingerprint density at radius 1 is 1.20 bits per heavy atom. The number of anilines is 2. The minimum Gasteiger partial charge on any atom is -0.326 e. The van der Waals surface area contributed by atoms with Crippen LogP contribution in [0, 0.1) is 19.8 Å². The predicted octanol–water partition coefficient (Wildman–Crippen LogP) is 4.60. The third-order valence-corrected chi connectivity index (χ3v) is 5.10. The predicted molar refractivity (Wildman–Crippen MR) is 101 cm³/mol. The fourth-order valence-electron chi connectivity index (χ4n) is 2.94. The fourth-order valence-corrected chi connectivity index (χ4v) is 3.45. The fraction of sp³-hybridized carbons (Fsp3) is 0.263. The van der Waals surface area contributed by atoms with Crippen molar-refractivity contribution < 1.29 is 9.59 Å². The van der Waals surface area contributed by atoms with Crippen LogP contribution in [0.5, 0.6) is 0 Å². The molecule has 0 aliphatic carbocycles. The van der Waals surface area contributed by atoms with Crippen molar-refractivity contribution in [3.8, 4) is 0 Å². The van der Waals surface area contributed by atoms with Crippen molar-refractivity contribution in [2.75, 3.05) is 16.8 Å². The Morgan fingerprint density at radius 3 is 2.68 bits per heavy atom. The Bertz CT molecular complexity index is 851. The summed E-state index contributed by atoms with van der Waals surface area (Å²) < 4.78 is 0. The molecule has 1 N–H and O–H groups in total. The van der Waals surface area contributed by atoms with Gasteiger partial charge in [0.2, 0.25) is 11.8 Å². The van der Waals surface area contributed by atoms with Crippen LogP contribution in [0.15, 0.2) is 36.4 Å². The second kappa shape index (κ2) is 7.06. The third-order valence-electron chi connectivity index (χ3n) is 4.56. The summed E-state index contributed by atoms with van der Waals surface area (Å²) in [6, 6.07) is 10.7. The van der Waals surface area contributed by atoms with E-state index in [1.54, 1.807) is 23.1 Å². The van der Waals surface area contributed by atoms with Crippen molar-refractivity contribution in [2.24, 2.45) is 5.92 Å². The van der Waals surface area contributed by atoms with E-state index in [4.69, 9.17) is 23.2 Å². The van der Waals surface area contributed by atoms with Crippen molar-refractivity contribution in [1.29, 1.82) is 0 Å². The summed E-state index contributed by atoms with van der Waals surface area (Å²) in [5, 5.41) is 3.84. The minimum absolute atomic E-state index is 0.120. The SMILES string of the molecule is Cc1cccc(NC(=O)C2CC(=O)N(c3ccc(Cl)cc3Cl)C2)c1C. The maximum absolute atomic E-state index is 12.6. The molecule has 6 heteroatoms. The monoisotopic (exact) mass is 376 g/mol. The van der Waals surface area contributed by atoms with E-state index in [1.165, 1.54) is 0 Å². The zero-order valence-corrected chi connectivity index (χ0v) is 15.5. The molecular formula is C19H18Cl2N2O2. The molecule has 0 radical (unpaired) electrons. The van der Waals surface area contributed by atoms with Gasteiger partial charge in [-0.25, -0.2) is 0 Å². The van der Waals surface area contributed by atoms with Gasteiger partial charge in [-0.15, -0.1) is 0 Å². The number of rotatable bonds is 3. The van der Waals surface area contributed by atoms with Crippen molar-refractivity contribution in [1.82, 2.24) is 0 Å². The number of nitrogens with zero attached hydrogens (tertiary/aromatic N) is 1. The van der Waals surface area contributed by atoms with Gasteiger partial charge in [0, 0.05) is 23.7 Å². The largest absolute Gasteiger partial charge is 0.326 e. The van der Waals surface area contributed by atoms with Crippen LogP contribution in [0.1, 0.15) is 17.5 Å². The molecule has 1 fully saturated rings. The molecule has 1 aliphatic rings. The Morgan fingerprint density at radius 2 is 1.96 bits per heavy atom. The molecule has 0 aromatic heterocycles. The van der Waals surface area contributed by atoms with Crippen LogP contribution in [-0.4, -0.2) is 18.4 Å². The van der Waals surface area contributed by atoms with Crippen molar-refractivity contribution in [3.63, 3.8) is 0 Å². The Kier molecular flexibility index (Phi) is 5.02. The van der Waals surface area contributed by atoms with Crippen LogP contribution < -0.4 is 10.2 Å². The van der Waals surface area contributed by atoms with E-state index < -0.39 is 5.92 Å². The molecule has 2 aromatic carbocycles. The molecule has 0 bridgehead atoms. The van der Waals surface area contributed by atoms with Gasteiger partial charge >= 0.3 is 0 Å². The third kappa shape index (κ3) is 3.65. The highest BCUT2D eigenvalue weighted by Gasteiger charge is 2.36. The quantitative estimate of drug-likeness (QED) is 0.850. The molecule has 1 atom stereocenters. The van der Waals surface area contributed by atoms with Gasteiger partial charge in [-0.3, -0.25) is 9.59 Å². The van der Waals surface area contributed by atoms with E-state index in [0.29, 0.717) is 22.3 Å². The lowest BCUT2D eigenvalue weighted by atomic mass is 10.1. The molecular weight excluding hydrogens is 359 g/mol. The van der Waals surface area contributed by atoms with Crippen molar-refractivity contribution in [3.05, 3.63) is 57.6 Å². The summed E-state index contributed by atoms with van der Waals surface area (Å²) >= 11 is 12.1. The van der Waals surface area contributed by atoms with E-state index in [9.17, 15) is 9.59 Å². The van der Waals surface area contributed by atoms with Gasteiger partial charge in [0.1, 0.15) is 0 Å². The Balaban J connectivity index is 1.75. The molecule has 2 amide bonds. The van der Waals surface area contributed by atoms with Crippen LogP contribution in [0.2, 0.25) is 10.0 Å². The van der Waals surface area contributed by atoms with Crippen LogP contribution >= 0.6 is 23.2 Å². The molecule has 2 aromatic rings. The average Bonchev–Trinajstić information content (AvgIpc) is 2.94. The lowest BCUT2D eigenvalue weighted by molar-refractivity contribution is -0.122. The standard InChI is InChI=1S/C19H18Cl2N2O2/c1-11-4-3-5-16(12(11)2)22-19(25)13-8-18(24)23(10-13)17-7-6-14(20)9-15(17)21/h3-7,9,13H,8,10H2,1-2H3,(H,22,25).